The predicted molar refractivity (Wildman–Crippen MR) is 78.4 cm³/mol. The highest BCUT2D eigenvalue weighted by molar-refractivity contribution is 7.17. The van der Waals surface area contributed by atoms with Crippen LogP contribution >= 0.6 is 22.9 Å². The molecule has 2 rings (SSSR count). The number of hydrogen-bond donors (Lipinski definition) is 1. The van der Waals surface area contributed by atoms with Gasteiger partial charge >= 0.3 is 0 Å². The predicted octanol–water partition coefficient (Wildman–Crippen LogP) is 3.38. The lowest BCUT2D eigenvalue weighted by Gasteiger charge is -2.08. The van der Waals surface area contributed by atoms with E-state index >= 15 is 0 Å². The average molecular weight is 296 g/mol. The van der Waals surface area contributed by atoms with Crippen LogP contribution < -0.4 is 10.1 Å². The van der Waals surface area contributed by atoms with E-state index in [0.717, 1.165) is 17.7 Å². The van der Waals surface area contributed by atoms with Crippen molar-refractivity contribution < 1.29 is 9.53 Å². The van der Waals surface area contributed by atoms with Crippen LogP contribution in [0.2, 0.25) is 4.34 Å². The van der Waals surface area contributed by atoms with Gasteiger partial charge in [0.2, 0.25) is 0 Å². The van der Waals surface area contributed by atoms with Crippen LogP contribution in [-0.2, 0) is 6.42 Å². The minimum Gasteiger partial charge on any atom is -0.496 e. The molecule has 2 aromatic rings. The van der Waals surface area contributed by atoms with E-state index in [1.807, 2.05) is 24.3 Å². The highest BCUT2D eigenvalue weighted by Crippen LogP contribution is 2.21. The third kappa shape index (κ3) is 3.72. The van der Waals surface area contributed by atoms with Gasteiger partial charge in [0.15, 0.2) is 0 Å². The number of amides is 1. The third-order valence-electron chi connectivity index (χ3n) is 2.67. The molecule has 1 aromatic heterocycles. The van der Waals surface area contributed by atoms with Gasteiger partial charge in [-0.3, -0.25) is 4.79 Å². The van der Waals surface area contributed by atoms with Crippen LogP contribution in [-0.4, -0.2) is 19.6 Å². The second-order valence-electron chi connectivity index (χ2n) is 3.92. The number of halogens is 1. The number of carbonyl (C=O) groups is 1. The average Bonchev–Trinajstić information content (AvgIpc) is 2.86. The van der Waals surface area contributed by atoms with Gasteiger partial charge in [0.25, 0.3) is 5.91 Å². The first kappa shape index (κ1) is 13.9. The van der Waals surface area contributed by atoms with Crippen LogP contribution in [0.25, 0.3) is 0 Å². The molecule has 3 nitrogen and oxygen atoms in total. The van der Waals surface area contributed by atoms with Gasteiger partial charge < -0.3 is 10.1 Å². The normalized spacial score (nSPS) is 10.2. The standard InChI is InChI=1S/C14H14ClNO2S/c1-18-11-5-3-2-4-10(11)8-9-16-14(17)12-6-7-13(15)19-12/h2-7H,8-9H2,1H3,(H,16,17). The zero-order valence-corrected chi connectivity index (χ0v) is 12.1. The molecule has 0 saturated heterocycles. The van der Waals surface area contributed by atoms with Gasteiger partial charge in [-0.1, -0.05) is 29.8 Å². The van der Waals surface area contributed by atoms with Crippen molar-refractivity contribution in [2.75, 3.05) is 13.7 Å². The second kappa shape index (κ2) is 6.59. The SMILES string of the molecule is COc1ccccc1CCNC(=O)c1ccc(Cl)s1. The lowest BCUT2D eigenvalue weighted by atomic mass is 10.1. The van der Waals surface area contributed by atoms with Crippen molar-refractivity contribution in [2.24, 2.45) is 0 Å². The summed E-state index contributed by atoms with van der Waals surface area (Å²) in [6.07, 6.45) is 0.731. The largest absolute Gasteiger partial charge is 0.496 e. The van der Waals surface area contributed by atoms with Gasteiger partial charge in [-0.2, -0.15) is 0 Å². The zero-order chi connectivity index (χ0) is 13.7. The zero-order valence-electron chi connectivity index (χ0n) is 10.5. The highest BCUT2D eigenvalue weighted by atomic mass is 35.5. The van der Waals surface area contributed by atoms with Crippen molar-refractivity contribution in [2.45, 2.75) is 6.42 Å². The number of methoxy groups -OCH3 is 1. The summed E-state index contributed by atoms with van der Waals surface area (Å²) < 4.78 is 5.88. The summed E-state index contributed by atoms with van der Waals surface area (Å²) >= 11 is 7.07. The Bertz CT molecular complexity index is 568. The maximum atomic E-state index is 11.8. The van der Waals surface area contributed by atoms with E-state index in [9.17, 15) is 4.79 Å². The summed E-state index contributed by atoms with van der Waals surface area (Å²) in [4.78, 5) is 12.4. The van der Waals surface area contributed by atoms with Crippen LogP contribution in [0.4, 0.5) is 0 Å². The fourth-order valence-corrected chi connectivity index (χ4v) is 2.70. The van der Waals surface area contributed by atoms with Crippen molar-refractivity contribution in [1.29, 1.82) is 0 Å². The fraction of sp³-hybridized carbons (Fsp3) is 0.214. The van der Waals surface area contributed by atoms with Crippen LogP contribution in [0.15, 0.2) is 36.4 Å². The number of hydrogen-bond acceptors (Lipinski definition) is 3. The number of rotatable bonds is 5. The summed E-state index contributed by atoms with van der Waals surface area (Å²) in [6.45, 7) is 0.564. The van der Waals surface area contributed by atoms with E-state index in [0.29, 0.717) is 15.8 Å². The maximum Gasteiger partial charge on any atom is 0.261 e. The highest BCUT2D eigenvalue weighted by Gasteiger charge is 2.08. The molecule has 0 fully saturated rings. The van der Waals surface area contributed by atoms with E-state index in [-0.39, 0.29) is 5.91 Å². The molecule has 100 valence electrons. The Morgan fingerprint density at radius 2 is 2.11 bits per heavy atom. The number of para-hydroxylation sites is 1. The van der Waals surface area contributed by atoms with Crippen molar-refractivity contribution in [3.63, 3.8) is 0 Å². The monoisotopic (exact) mass is 295 g/mol. The molecule has 1 heterocycles. The molecule has 0 bridgehead atoms. The minimum absolute atomic E-state index is 0.0909. The van der Waals surface area contributed by atoms with Gasteiger partial charge in [-0.05, 0) is 30.2 Å². The molecule has 0 spiro atoms. The van der Waals surface area contributed by atoms with Crippen LogP contribution in [0.3, 0.4) is 0 Å². The number of thiophene rings is 1. The third-order valence-corrected chi connectivity index (χ3v) is 3.90. The van der Waals surface area contributed by atoms with Crippen molar-refractivity contribution >= 4 is 28.8 Å². The van der Waals surface area contributed by atoms with Crippen molar-refractivity contribution in [3.05, 3.63) is 51.2 Å². The number of nitrogens with one attached hydrogen (secondary N) is 1. The molecule has 1 amide bonds. The van der Waals surface area contributed by atoms with Gasteiger partial charge in [0.1, 0.15) is 5.75 Å². The van der Waals surface area contributed by atoms with E-state index in [1.54, 1.807) is 19.2 Å². The Morgan fingerprint density at radius 1 is 1.32 bits per heavy atom. The maximum absolute atomic E-state index is 11.8. The minimum atomic E-state index is -0.0909. The molecule has 1 aromatic carbocycles. The quantitative estimate of drug-likeness (QED) is 0.918. The number of carbonyl (C=O) groups excluding carboxylic acids is 1. The molecule has 19 heavy (non-hydrogen) atoms. The molecule has 0 aliphatic carbocycles. The number of benzene rings is 1. The van der Waals surface area contributed by atoms with Crippen LogP contribution in [0.1, 0.15) is 15.2 Å². The molecule has 0 aliphatic heterocycles. The molecule has 1 N–H and O–H groups in total. The Hall–Kier alpha value is -1.52. The van der Waals surface area contributed by atoms with Crippen molar-refractivity contribution in [1.82, 2.24) is 5.32 Å². The molecule has 0 radical (unpaired) electrons. The Kier molecular flexibility index (Phi) is 4.82. The second-order valence-corrected chi connectivity index (χ2v) is 5.64. The summed E-state index contributed by atoms with van der Waals surface area (Å²) in [7, 11) is 1.64. The molecule has 0 atom stereocenters. The van der Waals surface area contributed by atoms with Gasteiger partial charge in [0, 0.05) is 6.54 Å². The van der Waals surface area contributed by atoms with E-state index in [2.05, 4.69) is 5.32 Å². The Morgan fingerprint density at radius 3 is 2.79 bits per heavy atom. The first-order valence-electron chi connectivity index (χ1n) is 5.86. The summed E-state index contributed by atoms with van der Waals surface area (Å²) in [5, 5.41) is 2.87. The van der Waals surface area contributed by atoms with Crippen LogP contribution in [0, 0.1) is 0 Å². The molecule has 0 unspecified atom stereocenters. The summed E-state index contributed by atoms with van der Waals surface area (Å²) in [5.74, 6) is 0.753. The number of ether oxygens (including phenoxy) is 1. The van der Waals surface area contributed by atoms with Gasteiger partial charge in [-0.15, -0.1) is 11.3 Å². The van der Waals surface area contributed by atoms with Gasteiger partial charge in [-0.25, -0.2) is 0 Å². The van der Waals surface area contributed by atoms with Crippen LogP contribution in [0.5, 0.6) is 5.75 Å². The molecule has 0 aliphatic rings. The van der Waals surface area contributed by atoms with Crippen molar-refractivity contribution in [3.8, 4) is 5.75 Å². The smallest absolute Gasteiger partial charge is 0.261 e. The molecular formula is C14H14ClNO2S. The first-order chi connectivity index (χ1) is 9.20. The fourth-order valence-electron chi connectivity index (χ4n) is 1.74. The molecule has 5 heteroatoms. The topological polar surface area (TPSA) is 38.3 Å². The molecule has 0 saturated carbocycles. The Balaban J connectivity index is 1.88. The first-order valence-corrected chi connectivity index (χ1v) is 7.05. The summed E-state index contributed by atoms with van der Waals surface area (Å²) in [6, 6.07) is 11.2. The lowest BCUT2D eigenvalue weighted by Crippen LogP contribution is -2.24. The summed E-state index contributed by atoms with van der Waals surface area (Å²) in [5.41, 5.74) is 1.08. The molecular weight excluding hydrogens is 282 g/mol. The van der Waals surface area contributed by atoms with E-state index < -0.39 is 0 Å². The lowest BCUT2D eigenvalue weighted by molar-refractivity contribution is 0.0958. The Labute approximate surface area is 121 Å². The van der Waals surface area contributed by atoms with E-state index in [4.69, 9.17) is 16.3 Å². The van der Waals surface area contributed by atoms with E-state index in [1.165, 1.54) is 11.3 Å². The van der Waals surface area contributed by atoms with Gasteiger partial charge in [0.05, 0.1) is 16.3 Å².